The summed E-state index contributed by atoms with van der Waals surface area (Å²) < 4.78 is 12.7. The molecule has 4 aromatic rings. The quantitative estimate of drug-likeness (QED) is 0.150. The van der Waals surface area contributed by atoms with Crippen molar-refractivity contribution in [2.24, 2.45) is 52.3 Å². The molecule has 4 aliphatic rings. The first kappa shape index (κ1) is 38.9. The summed E-state index contributed by atoms with van der Waals surface area (Å²) in [6, 6.07) is 31.4. The van der Waals surface area contributed by atoms with Crippen molar-refractivity contribution in [3.63, 3.8) is 0 Å². The van der Waals surface area contributed by atoms with E-state index in [4.69, 9.17) is 20.9 Å². The van der Waals surface area contributed by atoms with E-state index in [-0.39, 0.29) is 5.41 Å². The molecule has 4 aliphatic carbocycles. The Morgan fingerprint density at radius 2 is 1.23 bits per heavy atom. The zero-order valence-electron chi connectivity index (χ0n) is 35.2. The molecule has 0 aromatic heterocycles. The third kappa shape index (κ3) is 7.24. The number of hydrogen-bond donors (Lipinski definition) is 2. The summed E-state index contributed by atoms with van der Waals surface area (Å²) >= 11 is 0. The maximum atomic E-state index is 6.40. The third-order valence-corrected chi connectivity index (χ3v) is 16.3. The zero-order chi connectivity index (χ0) is 39.2. The van der Waals surface area contributed by atoms with Crippen molar-refractivity contribution in [3.05, 3.63) is 108 Å². The van der Waals surface area contributed by atoms with E-state index in [1.807, 2.05) is 48.5 Å². The minimum Gasteiger partial charge on any atom is -0.457 e. The fraction of sp³-hybridized carbons (Fsp3) is 0.538. The monoisotopic (exact) mass is 753 g/mol. The molecule has 0 spiro atoms. The molecule has 9 unspecified atom stereocenters. The molecule has 0 bridgehead atoms. The minimum absolute atomic E-state index is 0.0751. The highest BCUT2D eigenvalue weighted by Crippen LogP contribution is 2.70. The van der Waals surface area contributed by atoms with Crippen LogP contribution in [0.25, 0.3) is 0 Å². The lowest BCUT2D eigenvalue weighted by Gasteiger charge is -2.63. The smallest absolute Gasteiger partial charge is 0.130 e. The molecule has 56 heavy (non-hydrogen) atoms. The molecule has 0 amide bonds. The van der Waals surface area contributed by atoms with Gasteiger partial charge < -0.3 is 20.9 Å². The van der Waals surface area contributed by atoms with Crippen LogP contribution in [0.15, 0.2) is 91.0 Å². The van der Waals surface area contributed by atoms with Crippen molar-refractivity contribution >= 4 is 11.4 Å². The first-order valence-corrected chi connectivity index (χ1v) is 22.2. The van der Waals surface area contributed by atoms with Crippen molar-refractivity contribution in [2.75, 3.05) is 11.5 Å². The molecule has 4 nitrogen and oxygen atoms in total. The summed E-state index contributed by atoms with van der Waals surface area (Å²) in [5.41, 5.74) is 18.2. The Hall–Kier alpha value is -3.92. The van der Waals surface area contributed by atoms with Crippen molar-refractivity contribution in [2.45, 2.75) is 124 Å². The maximum absolute atomic E-state index is 6.40. The van der Waals surface area contributed by atoms with Gasteiger partial charge in [-0.1, -0.05) is 78.1 Å². The van der Waals surface area contributed by atoms with Crippen LogP contribution in [-0.2, 0) is 5.41 Å². The first-order valence-electron chi connectivity index (χ1n) is 22.2. The Morgan fingerprint density at radius 1 is 0.625 bits per heavy atom. The highest BCUT2D eigenvalue weighted by Gasteiger charge is 2.62. The Bertz CT molecular complexity index is 1950. The first-order chi connectivity index (χ1) is 26.9. The van der Waals surface area contributed by atoms with Gasteiger partial charge in [0.25, 0.3) is 0 Å². The Morgan fingerprint density at radius 3 is 1.88 bits per heavy atom. The average molecular weight is 753 g/mol. The predicted octanol–water partition coefficient (Wildman–Crippen LogP) is 14.2. The highest BCUT2D eigenvalue weighted by molar-refractivity contribution is 5.50. The normalized spacial score (nSPS) is 31.6. The lowest BCUT2D eigenvalue weighted by Crippen LogP contribution is -2.55. The minimum atomic E-state index is -0.0751. The molecule has 4 heteroatoms. The summed E-state index contributed by atoms with van der Waals surface area (Å²) in [5, 5.41) is 0. The van der Waals surface area contributed by atoms with Gasteiger partial charge in [0, 0.05) is 16.8 Å². The molecule has 8 rings (SSSR count). The molecule has 9 atom stereocenters. The lowest BCUT2D eigenvalue weighted by atomic mass is 9.42. The van der Waals surface area contributed by atoms with Gasteiger partial charge in [-0.05, 0) is 200 Å². The zero-order valence-corrected chi connectivity index (χ0v) is 35.2. The standard InChI is InChI=1S/C52H68N2O2/c1-34(2)8-7-9-35(3)46-25-26-47-45-24-12-39-33-52(31-30-50(39,5)48(45)28-29-51(46,47)6,37-10-18-42(19-11-37)55-43-20-14-40(53)15-21-43)38-13-27-49(36(4)32-38)56-44-22-16-41(54)17-23-44/h10-11,13-23,27,32,34-35,39,45-48H,7-9,12,24-26,28-31,33,53-54H2,1-6H3. The molecule has 4 saturated carbocycles. The van der Waals surface area contributed by atoms with Gasteiger partial charge in [0.2, 0.25) is 0 Å². The van der Waals surface area contributed by atoms with Gasteiger partial charge in [-0.2, -0.15) is 0 Å². The number of nitrogens with two attached hydrogens (primary N) is 2. The van der Waals surface area contributed by atoms with Crippen LogP contribution in [-0.4, -0.2) is 0 Å². The Labute approximate surface area is 338 Å². The van der Waals surface area contributed by atoms with E-state index in [0.717, 1.165) is 76.3 Å². The maximum Gasteiger partial charge on any atom is 0.130 e. The average Bonchev–Trinajstić information content (AvgIpc) is 3.54. The second-order valence-electron chi connectivity index (χ2n) is 19.8. The fourth-order valence-electron chi connectivity index (χ4n) is 13.2. The number of fused-ring (bicyclic) bond motifs is 5. The predicted molar refractivity (Wildman–Crippen MR) is 233 cm³/mol. The number of ether oxygens (including phenoxy) is 2. The van der Waals surface area contributed by atoms with Crippen LogP contribution in [0.4, 0.5) is 11.4 Å². The van der Waals surface area contributed by atoms with Crippen molar-refractivity contribution in [1.82, 2.24) is 0 Å². The summed E-state index contributed by atoms with van der Waals surface area (Å²) in [4.78, 5) is 0. The fourth-order valence-corrected chi connectivity index (χ4v) is 13.2. The molecular formula is C52H68N2O2. The van der Waals surface area contributed by atoms with E-state index in [9.17, 15) is 0 Å². The van der Waals surface area contributed by atoms with Gasteiger partial charge in [-0.3, -0.25) is 0 Å². The van der Waals surface area contributed by atoms with Gasteiger partial charge in [-0.25, -0.2) is 0 Å². The van der Waals surface area contributed by atoms with Crippen molar-refractivity contribution in [1.29, 1.82) is 0 Å². The van der Waals surface area contributed by atoms with Crippen LogP contribution in [0.2, 0.25) is 0 Å². The van der Waals surface area contributed by atoms with Crippen LogP contribution in [0.5, 0.6) is 23.0 Å². The molecule has 0 radical (unpaired) electrons. The lowest BCUT2D eigenvalue weighted by molar-refractivity contribution is -0.122. The second-order valence-corrected chi connectivity index (χ2v) is 19.8. The van der Waals surface area contributed by atoms with E-state index in [1.54, 1.807) is 0 Å². The molecule has 0 heterocycles. The van der Waals surface area contributed by atoms with Gasteiger partial charge in [-0.15, -0.1) is 0 Å². The van der Waals surface area contributed by atoms with Crippen LogP contribution in [0.3, 0.4) is 0 Å². The van der Waals surface area contributed by atoms with E-state index < -0.39 is 0 Å². The summed E-state index contributed by atoms with van der Waals surface area (Å²) in [6.07, 6.45) is 16.4. The van der Waals surface area contributed by atoms with Gasteiger partial charge in [0.15, 0.2) is 0 Å². The van der Waals surface area contributed by atoms with Crippen LogP contribution in [0, 0.1) is 59.2 Å². The van der Waals surface area contributed by atoms with E-state index in [1.165, 1.54) is 87.3 Å². The molecule has 0 saturated heterocycles. The number of hydrogen-bond acceptors (Lipinski definition) is 4. The van der Waals surface area contributed by atoms with Gasteiger partial charge >= 0.3 is 0 Å². The topological polar surface area (TPSA) is 70.5 Å². The summed E-state index contributed by atoms with van der Waals surface area (Å²) in [6.45, 7) is 15.1. The number of rotatable bonds is 11. The van der Waals surface area contributed by atoms with E-state index in [0.29, 0.717) is 16.7 Å². The number of aryl methyl sites for hydroxylation is 1. The molecule has 298 valence electrons. The number of benzene rings is 4. The van der Waals surface area contributed by atoms with Crippen LogP contribution < -0.4 is 20.9 Å². The SMILES string of the molecule is Cc1cc(C2(c3ccc(Oc4ccc(N)cc4)cc3)CCC3(C)C(CCC4C3CCC3(C)C(C(C)CCCC(C)C)CCC43)C2)ccc1Oc1ccc(N)cc1. The highest BCUT2D eigenvalue weighted by atomic mass is 16.5. The number of nitrogen functional groups attached to an aromatic ring is 2. The van der Waals surface area contributed by atoms with Crippen molar-refractivity contribution < 1.29 is 9.47 Å². The van der Waals surface area contributed by atoms with Crippen molar-refractivity contribution in [3.8, 4) is 23.0 Å². The molecular weight excluding hydrogens is 685 g/mol. The molecule has 0 aliphatic heterocycles. The third-order valence-electron chi connectivity index (χ3n) is 16.3. The van der Waals surface area contributed by atoms with E-state index in [2.05, 4.69) is 84.0 Å². The van der Waals surface area contributed by atoms with E-state index >= 15 is 0 Å². The van der Waals surface area contributed by atoms with Crippen LogP contribution >= 0.6 is 0 Å². The molecule has 4 N–H and O–H groups in total. The largest absolute Gasteiger partial charge is 0.457 e. The molecule has 4 aromatic carbocycles. The summed E-state index contributed by atoms with van der Waals surface area (Å²) in [5.74, 6) is 9.31. The number of anilines is 2. The van der Waals surface area contributed by atoms with Crippen LogP contribution in [0.1, 0.15) is 128 Å². The Balaban J connectivity index is 1.06. The Kier molecular flexibility index (Phi) is 10.7. The van der Waals surface area contributed by atoms with Gasteiger partial charge in [0.1, 0.15) is 23.0 Å². The second kappa shape index (κ2) is 15.4. The molecule has 4 fully saturated rings. The summed E-state index contributed by atoms with van der Waals surface area (Å²) in [7, 11) is 0. The van der Waals surface area contributed by atoms with Gasteiger partial charge in [0.05, 0.1) is 0 Å².